The summed E-state index contributed by atoms with van der Waals surface area (Å²) >= 11 is 0. The maximum absolute atomic E-state index is 12.8. The maximum atomic E-state index is 12.8. The number of ether oxygens (including phenoxy) is 3. The van der Waals surface area contributed by atoms with Crippen LogP contribution in [0.15, 0.2) is 53.4 Å². The number of methoxy groups -OCH3 is 2. The number of nitrogens with one attached hydrogen (secondary N) is 1. The Kier molecular flexibility index (Phi) is 6.66. The molecule has 0 fully saturated rings. The van der Waals surface area contributed by atoms with Crippen molar-refractivity contribution in [1.29, 1.82) is 0 Å². The molecule has 0 saturated carbocycles. The third-order valence-corrected chi connectivity index (χ3v) is 6.82. The van der Waals surface area contributed by atoms with Gasteiger partial charge in [0.15, 0.2) is 11.5 Å². The fourth-order valence-electron chi connectivity index (χ4n) is 3.53. The van der Waals surface area contributed by atoms with Gasteiger partial charge in [-0.05, 0) is 55.3 Å². The Balaban J connectivity index is 1.46. The van der Waals surface area contributed by atoms with Crippen LogP contribution in [0, 0.1) is 13.8 Å². The normalized spacial score (nSPS) is 11.5. The van der Waals surface area contributed by atoms with Gasteiger partial charge < -0.3 is 14.2 Å². The zero-order valence-electron chi connectivity index (χ0n) is 19.3. The monoisotopic (exact) mass is 483 g/mol. The van der Waals surface area contributed by atoms with E-state index in [0.29, 0.717) is 34.4 Å². The Morgan fingerprint density at radius 2 is 1.71 bits per heavy atom. The third kappa shape index (κ3) is 4.66. The molecule has 4 aromatic rings. The quantitative estimate of drug-likeness (QED) is 0.361. The van der Waals surface area contributed by atoms with Crippen LogP contribution < -0.4 is 18.9 Å². The number of benzene rings is 2. The van der Waals surface area contributed by atoms with E-state index in [1.807, 2.05) is 24.3 Å². The lowest BCUT2D eigenvalue weighted by Crippen LogP contribution is -2.29. The van der Waals surface area contributed by atoms with Crippen molar-refractivity contribution in [3.8, 4) is 28.8 Å². The van der Waals surface area contributed by atoms with Crippen molar-refractivity contribution in [2.24, 2.45) is 0 Å². The van der Waals surface area contributed by atoms with Gasteiger partial charge in [0.2, 0.25) is 15.9 Å². The number of aryl methyl sites for hydroxylation is 2. The summed E-state index contributed by atoms with van der Waals surface area (Å²) in [5.74, 6) is 2.09. The average Bonchev–Trinajstić information content (AvgIpc) is 3.26. The van der Waals surface area contributed by atoms with Gasteiger partial charge in [0, 0.05) is 12.6 Å². The van der Waals surface area contributed by atoms with Crippen molar-refractivity contribution in [3.05, 3.63) is 59.7 Å². The summed E-state index contributed by atoms with van der Waals surface area (Å²) in [7, 11) is -0.579. The summed E-state index contributed by atoms with van der Waals surface area (Å²) in [5.41, 5.74) is 2.61. The van der Waals surface area contributed by atoms with E-state index in [4.69, 9.17) is 14.2 Å². The number of aromatic nitrogens is 4. The van der Waals surface area contributed by atoms with E-state index >= 15 is 0 Å². The number of hydrogen-bond donors (Lipinski definition) is 1. The summed E-state index contributed by atoms with van der Waals surface area (Å²) < 4.78 is 46.0. The Morgan fingerprint density at radius 3 is 2.47 bits per heavy atom. The molecule has 0 aliphatic carbocycles. The number of hydrogen-bond acceptors (Lipinski definition) is 8. The molecule has 1 N–H and O–H groups in total. The molecule has 0 radical (unpaired) electrons. The number of sulfonamides is 1. The molecule has 0 spiro atoms. The van der Waals surface area contributed by atoms with E-state index in [1.54, 1.807) is 56.8 Å². The summed E-state index contributed by atoms with van der Waals surface area (Å²) in [4.78, 5) is 0.205. The molecule has 0 aliphatic heterocycles. The summed E-state index contributed by atoms with van der Waals surface area (Å²) in [6, 6.07) is 14.1. The summed E-state index contributed by atoms with van der Waals surface area (Å²) in [6.45, 7) is 3.67. The molecule has 11 heteroatoms. The fraction of sp³-hybridized carbons (Fsp3) is 0.261. The van der Waals surface area contributed by atoms with Crippen LogP contribution in [0.5, 0.6) is 17.4 Å². The molecule has 0 bridgehead atoms. The van der Waals surface area contributed by atoms with Crippen LogP contribution >= 0.6 is 0 Å². The Hall–Kier alpha value is -3.70. The molecule has 178 valence electrons. The predicted octanol–water partition coefficient (Wildman–Crippen LogP) is 2.78. The van der Waals surface area contributed by atoms with Crippen molar-refractivity contribution >= 4 is 15.7 Å². The predicted molar refractivity (Wildman–Crippen MR) is 126 cm³/mol. The lowest BCUT2D eigenvalue weighted by Gasteiger charge is -2.13. The Morgan fingerprint density at radius 1 is 0.941 bits per heavy atom. The molecule has 4 rings (SSSR count). The summed E-state index contributed by atoms with van der Waals surface area (Å²) in [5, 5.41) is 12.8. The molecule has 0 aliphatic rings. The Bertz CT molecular complexity index is 1440. The van der Waals surface area contributed by atoms with Gasteiger partial charge >= 0.3 is 0 Å². The van der Waals surface area contributed by atoms with Gasteiger partial charge in [0.05, 0.1) is 24.7 Å². The fourth-order valence-corrected chi connectivity index (χ4v) is 4.85. The highest BCUT2D eigenvalue weighted by Gasteiger charge is 2.19. The van der Waals surface area contributed by atoms with Gasteiger partial charge in [-0.3, -0.25) is 0 Å². The number of rotatable bonds is 9. The first kappa shape index (κ1) is 23.5. The van der Waals surface area contributed by atoms with Crippen LogP contribution in [0.2, 0.25) is 0 Å². The van der Waals surface area contributed by atoms with Crippen LogP contribution in [-0.4, -0.2) is 55.6 Å². The first-order chi connectivity index (χ1) is 16.3. The van der Waals surface area contributed by atoms with Gasteiger partial charge in [-0.15, -0.1) is 15.3 Å². The smallest absolute Gasteiger partial charge is 0.240 e. The van der Waals surface area contributed by atoms with E-state index in [-0.39, 0.29) is 18.0 Å². The molecule has 2 aromatic heterocycles. The molecule has 0 atom stereocenters. The second-order valence-corrected chi connectivity index (χ2v) is 9.23. The average molecular weight is 484 g/mol. The van der Waals surface area contributed by atoms with Gasteiger partial charge in [-0.1, -0.05) is 12.1 Å². The highest BCUT2D eigenvalue weighted by atomic mass is 32.2. The molecular weight excluding hydrogens is 458 g/mol. The van der Waals surface area contributed by atoms with Crippen molar-refractivity contribution in [2.75, 3.05) is 27.4 Å². The first-order valence-corrected chi connectivity index (χ1v) is 12.0. The van der Waals surface area contributed by atoms with E-state index in [0.717, 1.165) is 11.1 Å². The van der Waals surface area contributed by atoms with Crippen LogP contribution in [-0.2, 0) is 10.0 Å². The van der Waals surface area contributed by atoms with E-state index in [9.17, 15) is 8.42 Å². The SMILES string of the molecule is COc1cc(C)c(S(=O)(=O)NCCOc2ccc3nnc(-c4ccccc4OC)n3n2)cc1C. The first-order valence-electron chi connectivity index (χ1n) is 10.5. The summed E-state index contributed by atoms with van der Waals surface area (Å²) in [6.07, 6.45) is 0. The van der Waals surface area contributed by atoms with Crippen LogP contribution in [0.25, 0.3) is 17.0 Å². The molecule has 2 heterocycles. The van der Waals surface area contributed by atoms with E-state index < -0.39 is 10.0 Å². The molecule has 10 nitrogen and oxygen atoms in total. The van der Waals surface area contributed by atoms with Gasteiger partial charge in [-0.2, -0.15) is 4.52 Å². The minimum atomic E-state index is -3.71. The van der Waals surface area contributed by atoms with Crippen LogP contribution in [0.4, 0.5) is 0 Å². The van der Waals surface area contributed by atoms with Crippen molar-refractivity contribution in [3.63, 3.8) is 0 Å². The maximum Gasteiger partial charge on any atom is 0.240 e. The zero-order chi connectivity index (χ0) is 24.3. The van der Waals surface area contributed by atoms with Crippen LogP contribution in [0.1, 0.15) is 11.1 Å². The molecule has 0 saturated heterocycles. The van der Waals surface area contributed by atoms with Gasteiger partial charge in [0.25, 0.3) is 0 Å². The molecular formula is C23H25N5O5S. The third-order valence-electron chi connectivity index (χ3n) is 5.21. The highest BCUT2D eigenvalue weighted by Crippen LogP contribution is 2.28. The molecule has 0 amide bonds. The second kappa shape index (κ2) is 9.65. The standard InChI is InChI=1S/C23H25N5O5S/c1-15-14-20(16(2)13-19(15)32-4)34(29,30)24-11-12-33-22-10-9-21-25-26-23(28(21)27-22)17-7-5-6-8-18(17)31-3/h5-10,13-14,24H,11-12H2,1-4H3. The van der Waals surface area contributed by atoms with E-state index in [1.165, 1.54) is 0 Å². The van der Waals surface area contributed by atoms with Gasteiger partial charge in [0.1, 0.15) is 18.1 Å². The van der Waals surface area contributed by atoms with Crippen molar-refractivity contribution < 1.29 is 22.6 Å². The van der Waals surface area contributed by atoms with Crippen LogP contribution in [0.3, 0.4) is 0 Å². The number of fused-ring (bicyclic) bond motifs is 1. The number of nitrogens with zero attached hydrogens (tertiary/aromatic N) is 4. The zero-order valence-corrected chi connectivity index (χ0v) is 20.1. The highest BCUT2D eigenvalue weighted by molar-refractivity contribution is 7.89. The lowest BCUT2D eigenvalue weighted by molar-refractivity contribution is 0.306. The lowest BCUT2D eigenvalue weighted by atomic mass is 10.1. The molecule has 0 unspecified atom stereocenters. The second-order valence-electron chi connectivity index (χ2n) is 7.50. The largest absolute Gasteiger partial charge is 0.496 e. The van der Waals surface area contributed by atoms with Crippen molar-refractivity contribution in [1.82, 2.24) is 24.5 Å². The minimum absolute atomic E-state index is 0.0636. The van der Waals surface area contributed by atoms with E-state index in [2.05, 4.69) is 20.0 Å². The van der Waals surface area contributed by atoms with Crippen molar-refractivity contribution in [2.45, 2.75) is 18.7 Å². The molecule has 2 aromatic carbocycles. The Labute approximate surface area is 197 Å². The number of para-hydroxylation sites is 1. The van der Waals surface area contributed by atoms with Gasteiger partial charge in [-0.25, -0.2) is 13.1 Å². The molecule has 34 heavy (non-hydrogen) atoms. The topological polar surface area (TPSA) is 117 Å². The minimum Gasteiger partial charge on any atom is -0.496 e.